The van der Waals surface area contributed by atoms with Gasteiger partial charge in [0.1, 0.15) is 5.78 Å². The van der Waals surface area contributed by atoms with Crippen LogP contribution in [0.5, 0.6) is 0 Å². The number of carbonyl (C=O) groups is 1. The number of rotatable bonds is 2. The molecule has 3 atom stereocenters. The Morgan fingerprint density at radius 2 is 1.59 bits per heavy atom. The molecule has 0 N–H and O–H groups in total. The summed E-state index contributed by atoms with van der Waals surface area (Å²) in [4.78, 5) is 11.4. The van der Waals surface area contributed by atoms with Gasteiger partial charge in [0.05, 0.1) is 0 Å². The van der Waals surface area contributed by atoms with E-state index in [1.807, 2.05) is 0 Å². The number of ketones is 1. The molecule has 0 saturated heterocycles. The molecular weight excluding hydrogens is 228 g/mol. The van der Waals surface area contributed by atoms with Crippen LogP contribution in [0, 0.1) is 11.8 Å². The monoisotopic (exact) mass is 254 g/mol. The van der Waals surface area contributed by atoms with E-state index in [0.717, 1.165) is 25.7 Å². The van der Waals surface area contributed by atoms with Crippen LogP contribution in [0.25, 0.3) is 0 Å². The van der Waals surface area contributed by atoms with Gasteiger partial charge in [0.15, 0.2) is 8.32 Å². The summed E-state index contributed by atoms with van der Waals surface area (Å²) in [6.07, 6.45) is 4.33. The predicted octanol–water partition coefficient (Wildman–Crippen LogP) is 3.77. The first-order valence-corrected chi connectivity index (χ1v) is 9.79. The maximum atomic E-state index is 11.4. The molecule has 2 saturated carbocycles. The Morgan fingerprint density at radius 1 is 1.12 bits per heavy atom. The summed E-state index contributed by atoms with van der Waals surface area (Å²) in [5.74, 6) is 1.75. The molecule has 0 radical (unpaired) electrons. The fraction of sp³-hybridized carbons (Fsp3) is 0.929. The van der Waals surface area contributed by atoms with Gasteiger partial charge in [0.2, 0.25) is 0 Å². The quantitative estimate of drug-likeness (QED) is 0.701. The molecule has 2 nitrogen and oxygen atoms in total. The highest BCUT2D eigenvalue weighted by Gasteiger charge is 2.45. The van der Waals surface area contributed by atoms with Crippen molar-refractivity contribution in [2.24, 2.45) is 11.8 Å². The van der Waals surface area contributed by atoms with Crippen LogP contribution < -0.4 is 0 Å². The van der Waals surface area contributed by atoms with Crippen molar-refractivity contribution in [1.29, 1.82) is 0 Å². The maximum Gasteiger partial charge on any atom is 0.192 e. The zero-order chi connectivity index (χ0) is 12.8. The smallest absolute Gasteiger partial charge is 0.192 e. The van der Waals surface area contributed by atoms with E-state index in [-0.39, 0.29) is 0 Å². The Hall–Kier alpha value is -0.153. The van der Waals surface area contributed by atoms with Crippen LogP contribution in [0.3, 0.4) is 0 Å². The van der Waals surface area contributed by atoms with Gasteiger partial charge in [-0.3, -0.25) is 4.79 Å². The van der Waals surface area contributed by atoms with Crippen LogP contribution in [0.15, 0.2) is 0 Å². The fourth-order valence-electron chi connectivity index (χ4n) is 3.01. The van der Waals surface area contributed by atoms with E-state index in [1.165, 1.54) is 0 Å². The van der Waals surface area contributed by atoms with Gasteiger partial charge in [-0.25, -0.2) is 0 Å². The van der Waals surface area contributed by atoms with Crippen molar-refractivity contribution in [3.05, 3.63) is 0 Å². The van der Waals surface area contributed by atoms with Crippen LogP contribution in [0.2, 0.25) is 18.1 Å². The number of Topliss-reactive ketones (excluding diaryl/α,β-unsaturated/α-hetero) is 1. The third-order valence-corrected chi connectivity index (χ3v) is 9.58. The molecule has 17 heavy (non-hydrogen) atoms. The van der Waals surface area contributed by atoms with Crippen molar-refractivity contribution in [3.8, 4) is 0 Å². The van der Waals surface area contributed by atoms with Gasteiger partial charge in [-0.15, -0.1) is 0 Å². The molecule has 1 unspecified atom stereocenters. The Bertz CT molecular complexity index is 301. The normalized spacial score (nSPS) is 34.2. The largest absolute Gasteiger partial charge is 0.414 e. The van der Waals surface area contributed by atoms with Gasteiger partial charge in [-0.1, -0.05) is 20.8 Å². The van der Waals surface area contributed by atoms with Crippen molar-refractivity contribution in [2.45, 2.75) is 70.7 Å². The van der Waals surface area contributed by atoms with Crippen LogP contribution >= 0.6 is 0 Å². The molecule has 3 heteroatoms. The van der Waals surface area contributed by atoms with Crippen molar-refractivity contribution in [1.82, 2.24) is 0 Å². The Balaban J connectivity index is 1.93. The Kier molecular flexibility index (Phi) is 3.28. The maximum absolute atomic E-state index is 11.4. The van der Waals surface area contributed by atoms with Gasteiger partial charge in [0, 0.05) is 18.9 Å². The third kappa shape index (κ3) is 2.65. The molecule has 2 aliphatic carbocycles. The molecule has 2 rings (SSSR count). The van der Waals surface area contributed by atoms with E-state index >= 15 is 0 Å². The minimum absolute atomic E-state index is 0.292. The number of hydrogen-bond donors (Lipinski definition) is 0. The highest BCUT2D eigenvalue weighted by molar-refractivity contribution is 6.74. The third-order valence-electron chi connectivity index (χ3n) is 5.05. The van der Waals surface area contributed by atoms with Crippen LogP contribution in [0.1, 0.15) is 46.5 Å². The summed E-state index contributed by atoms with van der Waals surface area (Å²) in [7, 11) is -1.62. The van der Waals surface area contributed by atoms with Gasteiger partial charge >= 0.3 is 0 Å². The van der Waals surface area contributed by atoms with E-state index < -0.39 is 8.32 Å². The summed E-state index contributed by atoms with van der Waals surface area (Å²) in [5, 5.41) is 0.292. The van der Waals surface area contributed by atoms with E-state index in [9.17, 15) is 4.79 Å². The van der Waals surface area contributed by atoms with Gasteiger partial charge in [0.25, 0.3) is 0 Å². The summed E-state index contributed by atoms with van der Waals surface area (Å²) in [6, 6.07) is 0. The van der Waals surface area contributed by atoms with Crippen molar-refractivity contribution in [2.75, 3.05) is 0 Å². The average Bonchev–Trinajstić information content (AvgIpc) is 2.57. The van der Waals surface area contributed by atoms with Crippen LogP contribution in [0.4, 0.5) is 0 Å². The topological polar surface area (TPSA) is 26.3 Å². The molecule has 0 heterocycles. The van der Waals surface area contributed by atoms with Crippen molar-refractivity contribution in [3.63, 3.8) is 0 Å². The number of fused-ring (bicyclic) bond motifs is 1. The first-order chi connectivity index (χ1) is 7.69. The lowest BCUT2D eigenvalue weighted by Gasteiger charge is -2.38. The van der Waals surface area contributed by atoms with E-state index in [2.05, 4.69) is 33.9 Å². The zero-order valence-electron chi connectivity index (χ0n) is 11.9. The summed E-state index contributed by atoms with van der Waals surface area (Å²) >= 11 is 0. The summed E-state index contributed by atoms with van der Waals surface area (Å²) < 4.78 is 6.46. The molecule has 0 bridgehead atoms. The predicted molar refractivity (Wildman–Crippen MR) is 72.5 cm³/mol. The molecule has 2 aliphatic rings. The molecule has 0 aromatic carbocycles. The van der Waals surface area contributed by atoms with Crippen molar-refractivity contribution >= 4 is 14.1 Å². The van der Waals surface area contributed by atoms with Crippen molar-refractivity contribution < 1.29 is 9.22 Å². The summed E-state index contributed by atoms with van der Waals surface area (Å²) in [5.41, 5.74) is 0. The minimum Gasteiger partial charge on any atom is -0.414 e. The average molecular weight is 254 g/mol. The number of carbonyl (C=O) groups excluding carboxylic acids is 1. The number of hydrogen-bond acceptors (Lipinski definition) is 2. The Labute approximate surface area is 106 Å². The first kappa shape index (κ1) is 13.3. The lowest BCUT2D eigenvalue weighted by molar-refractivity contribution is -0.118. The SMILES string of the molecule is CC(C)(C)[Si](C)(C)OC1C[C@H]2CC(=O)C[C@H]2C1. The lowest BCUT2D eigenvalue weighted by atomic mass is 10.0. The second kappa shape index (κ2) is 4.20. The molecule has 0 amide bonds. The molecule has 2 fully saturated rings. The standard InChI is InChI=1S/C14H26O2Si/c1-14(2,3)17(4,5)16-13-8-10-6-12(15)7-11(10)9-13/h10-11,13H,6-9H2,1-5H3/t10-,11+,13?. The van der Waals surface area contributed by atoms with Crippen LogP contribution in [-0.2, 0) is 9.22 Å². The minimum atomic E-state index is -1.62. The first-order valence-electron chi connectivity index (χ1n) is 6.88. The molecule has 98 valence electrons. The van der Waals surface area contributed by atoms with E-state index in [0.29, 0.717) is 28.8 Å². The molecular formula is C14H26O2Si. The highest BCUT2D eigenvalue weighted by Crippen LogP contribution is 2.46. The second-order valence-corrected chi connectivity index (χ2v) is 12.2. The second-order valence-electron chi connectivity index (χ2n) is 7.44. The highest BCUT2D eigenvalue weighted by atomic mass is 28.4. The van der Waals surface area contributed by atoms with Gasteiger partial charge in [-0.2, -0.15) is 0 Å². The summed E-state index contributed by atoms with van der Waals surface area (Å²) in [6.45, 7) is 11.5. The Morgan fingerprint density at radius 3 is 2.00 bits per heavy atom. The molecule has 0 aromatic heterocycles. The van der Waals surface area contributed by atoms with E-state index in [1.54, 1.807) is 0 Å². The molecule has 0 spiro atoms. The molecule has 0 aliphatic heterocycles. The zero-order valence-corrected chi connectivity index (χ0v) is 12.9. The molecule has 0 aromatic rings. The fourth-order valence-corrected chi connectivity index (χ4v) is 4.39. The van der Waals surface area contributed by atoms with E-state index in [4.69, 9.17) is 4.43 Å². The van der Waals surface area contributed by atoms with Crippen LogP contribution in [-0.4, -0.2) is 20.2 Å². The van der Waals surface area contributed by atoms with Gasteiger partial charge < -0.3 is 4.43 Å². The lowest BCUT2D eigenvalue weighted by Crippen LogP contribution is -2.43. The van der Waals surface area contributed by atoms with Gasteiger partial charge in [-0.05, 0) is 42.8 Å².